The van der Waals surface area contributed by atoms with Crippen molar-refractivity contribution < 1.29 is 9.53 Å². The molecule has 0 radical (unpaired) electrons. The van der Waals surface area contributed by atoms with Crippen LogP contribution in [-0.2, 0) is 4.74 Å². The van der Waals surface area contributed by atoms with Crippen LogP contribution >= 0.6 is 11.6 Å². The van der Waals surface area contributed by atoms with E-state index in [0.29, 0.717) is 12.5 Å². The zero-order valence-electron chi connectivity index (χ0n) is 9.38. The fourth-order valence-electron chi connectivity index (χ4n) is 1.64. The number of carbonyl (C=O) groups is 1. The molecule has 1 amide bonds. The van der Waals surface area contributed by atoms with Crippen LogP contribution in [0.15, 0.2) is 0 Å². The summed E-state index contributed by atoms with van der Waals surface area (Å²) in [5.41, 5.74) is 0. The van der Waals surface area contributed by atoms with Gasteiger partial charge in [0.25, 0.3) is 0 Å². The Bertz CT molecular complexity index is 191. The van der Waals surface area contributed by atoms with Gasteiger partial charge in [-0.3, -0.25) is 0 Å². The van der Waals surface area contributed by atoms with Crippen molar-refractivity contribution in [2.24, 2.45) is 5.92 Å². The quantitative estimate of drug-likeness (QED) is 0.552. The van der Waals surface area contributed by atoms with Gasteiger partial charge in [-0.2, -0.15) is 0 Å². The predicted molar refractivity (Wildman–Crippen MR) is 61.3 cm³/mol. The Morgan fingerprint density at radius 1 is 1.40 bits per heavy atom. The van der Waals surface area contributed by atoms with Gasteiger partial charge in [0.05, 0.1) is 6.61 Å². The lowest BCUT2D eigenvalue weighted by Gasteiger charge is -2.29. The van der Waals surface area contributed by atoms with Crippen molar-refractivity contribution in [3.8, 4) is 0 Å². The minimum absolute atomic E-state index is 0.156. The van der Waals surface area contributed by atoms with Crippen molar-refractivity contribution in [3.63, 3.8) is 0 Å². The summed E-state index contributed by atoms with van der Waals surface area (Å²) in [6.07, 6.45) is 3.80. The molecule has 1 saturated heterocycles. The average molecular weight is 234 g/mol. The molecule has 0 aromatic heterocycles. The number of carbonyl (C=O) groups excluding carboxylic acids is 1. The number of rotatable bonds is 4. The van der Waals surface area contributed by atoms with E-state index in [4.69, 9.17) is 16.3 Å². The van der Waals surface area contributed by atoms with Crippen molar-refractivity contribution in [2.75, 3.05) is 25.6 Å². The van der Waals surface area contributed by atoms with Gasteiger partial charge in [-0.15, -0.1) is 11.6 Å². The van der Waals surface area contributed by atoms with Crippen molar-refractivity contribution in [2.45, 2.75) is 32.6 Å². The number of unbranched alkanes of at least 4 members (excludes halogenated alkanes) is 1. The highest BCUT2D eigenvalue weighted by Crippen LogP contribution is 2.16. The smallest absolute Gasteiger partial charge is 0.409 e. The third-order valence-corrected chi connectivity index (χ3v) is 3.06. The predicted octanol–water partition coefficient (Wildman–Crippen LogP) is 2.87. The van der Waals surface area contributed by atoms with Crippen LogP contribution in [0, 0.1) is 5.92 Å². The molecule has 88 valence electrons. The third-order valence-electron chi connectivity index (χ3n) is 2.80. The molecule has 0 aromatic carbocycles. The first-order chi connectivity index (χ1) is 7.24. The summed E-state index contributed by atoms with van der Waals surface area (Å²) in [6.45, 7) is 4.41. The lowest BCUT2D eigenvalue weighted by atomic mass is 10.00. The molecule has 15 heavy (non-hydrogen) atoms. The van der Waals surface area contributed by atoms with Crippen LogP contribution in [0.3, 0.4) is 0 Å². The van der Waals surface area contributed by atoms with E-state index < -0.39 is 0 Å². The highest BCUT2D eigenvalue weighted by Gasteiger charge is 2.20. The maximum Gasteiger partial charge on any atom is 0.409 e. The first-order valence-corrected chi connectivity index (χ1v) is 6.25. The van der Waals surface area contributed by atoms with Gasteiger partial charge in [0.2, 0.25) is 0 Å². The minimum Gasteiger partial charge on any atom is -0.449 e. The molecule has 0 N–H and O–H groups in total. The molecule has 3 nitrogen and oxygen atoms in total. The largest absolute Gasteiger partial charge is 0.449 e. The Labute approximate surface area is 96.7 Å². The van der Waals surface area contributed by atoms with Gasteiger partial charge >= 0.3 is 6.09 Å². The molecule has 1 heterocycles. The van der Waals surface area contributed by atoms with Gasteiger partial charge < -0.3 is 9.64 Å². The molecule has 4 heteroatoms. The van der Waals surface area contributed by atoms with Gasteiger partial charge in [-0.1, -0.05) is 6.92 Å². The van der Waals surface area contributed by atoms with Gasteiger partial charge in [0.1, 0.15) is 0 Å². The van der Waals surface area contributed by atoms with Crippen LogP contribution < -0.4 is 0 Å². The number of nitrogens with zero attached hydrogens (tertiary/aromatic N) is 1. The van der Waals surface area contributed by atoms with Gasteiger partial charge in [0.15, 0.2) is 0 Å². The standard InChI is InChI=1S/C11H20ClNO2/c1-10-4-7-13(8-5-10)11(14)15-9-3-2-6-12/h10H,2-9H2,1H3. The fraction of sp³-hybridized carbons (Fsp3) is 0.909. The molecule has 1 fully saturated rings. The van der Waals surface area contributed by atoms with Gasteiger partial charge in [0, 0.05) is 19.0 Å². The van der Waals surface area contributed by atoms with E-state index in [0.717, 1.165) is 44.7 Å². The summed E-state index contributed by atoms with van der Waals surface area (Å²) < 4.78 is 5.15. The Balaban J connectivity index is 2.11. The van der Waals surface area contributed by atoms with Crippen LogP contribution in [0.4, 0.5) is 4.79 Å². The van der Waals surface area contributed by atoms with E-state index in [2.05, 4.69) is 6.92 Å². The molecule has 1 rings (SSSR count). The lowest BCUT2D eigenvalue weighted by Crippen LogP contribution is -2.38. The molecule has 0 bridgehead atoms. The topological polar surface area (TPSA) is 29.5 Å². The fourth-order valence-corrected chi connectivity index (χ4v) is 1.83. The molecule has 0 aromatic rings. The number of piperidine rings is 1. The number of hydrogen-bond donors (Lipinski definition) is 0. The zero-order chi connectivity index (χ0) is 11.1. The highest BCUT2D eigenvalue weighted by atomic mass is 35.5. The second-order valence-electron chi connectivity index (χ2n) is 4.18. The molecule has 1 aliphatic heterocycles. The summed E-state index contributed by atoms with van der Waals surface area (Å²) in [5, 5.41) is 0. The van der Waals surface area contributed by atoms with Crippen LogP contribution in [-0.4, -0.2) is 36.6 Å². The van der Waals surface area contributed by atoms with E-state index in [1.807, 2.05) is 0 Å². The van der Waals surface area contributed by atoms with Crippen molar-refractivity contribution in [1.82, 2.24) is 4.90 Å². The summed E-state index contributed by atoms with van der Waals surface area (Å²) in [4.78, 5) is 13.3. The molecule has 0 saturated carbocycles. The van der Waals surface area contributed by atoms with Gasteiger partial charge in [-0.05, 0) is 31.6 Å². The van der Waals surface area contributed by atoms with E-state index in [9.17, 15) is 4.79 Å². The highest BCUT2D eigenvalue weighted by molar-refractivity contribution is 6.17. The number of hydrogen-bond acceptors (Lipinski definition) is 2. The van der Waals surface area contributed by atoms with Gasteiger partial charge in [-0.25, -0.2) is 4.79 Å². The Morgan fingerprint density at radius 2 is 2.07 bits per heavy atom. The normalized spacial score (nSPS) is 17.9. The van der Waals surface area contributed by atoms with Crippen molar-refractivity contribution in [3.05, 3.63) is 0 Å². The molecule has 0 unspecified atom stereocenters. The Hall–Kier alpha value is -0.440. The summed E-state index contributed by atoms with van der Waals surface area (Å²) in [5.74, 6) is 1.38. The second-order valence-corrected chi connectivity index (χ2v) is 4.56. The number of ether oxygens (including phenoxy) is 1. The van der Waals surface area contributed by atoms with E-state index in [1.165, 1.54) is 0 Å². The van der Waals surface area contributed by atoms with Crippen LogP contribution in [0.25, 0.3) is 0 Å². The lowest BCUT2D eigenvalue weighted by molar-refractivity contribution is 0.0882. The third kappa shape index (κ3) is 4.74. The first kappa shape index (κ1) is 12.6. The van der Waals surface area contributed by atoms with Crippen LogP contribution in [0.2, 0.25) is 0 Å². The Morgan fingerprint density at radius 3 is 2.67 bits per heavy atom. The summed E-state index contributed by atoms with van der Waals surface area (Å²) in [6, 6.07) is 0. The molecule has 0 atom stereocenters. The monoisotopic (exact) mass is 233 g/mol. The van der Waals surface area contributed by atoms with Crippen LogP contribution in [0.1, 0.15) is 32.6 Å². The first-order valence-electron chi connectivity index (χ1n) is 5.71. The molecular weight excluding hydrogens is 214 g/mol. The van der Waals surface area contributed by atoms with Crippen molar-refractivity contribution >= 4 is 17.7 Å². The maximum atomic E-state index is 11.5. The average Bonchev–Trinajstić information content (AvgIpc) is 2.25. The van der Waals surface area contributed by atoms with E-state index in [-0.39, 0.29) is 6.09 Å². The molecule has 1 aliphatic rings. The molecular formula is C11H20ClNO2. The molecule has 0 aliphatic carbocycles. The second kappa shape index (κ2) is 6.94. The van der Waals surface area contributed by atoms with E-state index in [1.54, 1.807) is 4.90 Å². The van der Waals surface area contributed by atoms with Crippen molar-refractivity contribution in [1.29, 1.82) is 0 Å². The number of halogens is 1. The maximum absolute atomic E-state index is 11.5. The SMILES string of the molecule is CC1CCN(C(=O)OCCCCCl)CC1. The summed E-state index contributed by atoms with van der Waals surface area (Å²) in [7, 11) is 0. The van der Waals surface area contributed by atoms with Crippen LogP contribution in [0.5, 0.6) is 0 Å². The zero-order valence-corrected chi connectivity index (χ0v) is 10.1. The Kier molecular flexibility index (Phi) is 5.84. The minimum atomic E-state index is -0.156. The number of amides is 1. The van der Waals surface area contributed by atoms with E-state index >= 15 is 0 Å². The molecule has 0 spiro atoms. The number of likely N-dealkylation sites (tertiary alicyclic amines) is 1. The summed E-state index contributed by atoms with van der Waals surface area (Å²) >= 11 is 5.53. The number of alkyl halides is 1.